The van der Waals surface area contributed by atoms with E-state index in [2.05, 4.69) is 78.5 Å². The minimum absolute atomic E-state index is 0.0892. The molecule has 0 saturated carbocycles. The Labute approximate surface area is 142 Å². The lowest BCUT2D eigenvalue weighted by atomic mass is 9.99. The van der Waals surface area contributed by atoms with E-state index in [4.69, 9.17) is 4.43 Å². The molecular weight excluding hydrogens is 300 g/mol. The fraction of sp³-hybridized carbons (Fsp3) is 0.789. The van der Waals surface area contributed by atoms with Crippen LogP contribution in [0.3, 0.4) is 0 Å². The third-order valence-electron chi connectivity index (χ3n) is 4.91. The first-order valence-corrected chi connectivity index (χ1v) is 15.1. The van der Waals surface area contributed by atoms with Crippen LogP contribution < -0.4 is 0 Å². The van der Waals surface area contributed by atoms with Gasteiger partial charge in [0.15, 0.2) is 8.32 Å². The monoisotopic (exact) mass is 338 g/mol. The summed E-state index contributed by atoms with van der Waals surface area (Å²) >= 11 is 0. The lowest BCUT2D eigenvalue weighted by Gasteiger charge is -2.43. The highest BCUT2D eigenvalue weighted by Crippen LogP contribution is 2.45. The van der Waals surface area contributed by atoms with Gasteiger partial charge in [0.05, 0.1) is 0 Å². The van der Waals surface area contributed by atoms with E-state index >= 15 is 0 Å². The molecular formula is C19H38OSi2. The van der Waals surface area contributed by atoms with Gasteiger partial charge in [0.25, 0.3) is 0 Å². The van der Waals surface area contributed by atoms with Crippen molar-refractivity contribution in [1.29, 1.82) is 0 Å². The molecule has 22 heavy (non-hydrogen) atoms. The van der Waals surface area contributed by atoms with Crippen LogP contribution in [0, 0.1) is 17.4 Å². The van der Waals surface area contributed by atoms with E-state index in [1.54, 1.807) is 0 Å². The van der Waals surface area contributed by atoms with E-state index in [0.717, 1.165) is 19.3 Å². The second-order valence-electron chi connectivity index (χ2n) is 8.73. The molecule has 0 heterocycles. The predicted octanol–water partition coefficient (Wildman–Crippen LogP) is 6.25. The first-order valence-electron chi connectivity index (χ1n) is 8.65. The maximum atomic E-state index is 6.66. The molecule has 0 aliphatic heterocycles. The van der Waals surface area contributed by atoms with Crippen LogP contribution in [0.1, 0.15) is 47.0 Å². The van der Waals surface area contributed by atoms with Crippen LogP contribution in [0.2, 0.25) is 37.8 Å². The molecule has 0 saturated heterocycles. The van der Waals surface area contributed by atoms with Crippen LogP contribution in [0.4, 0.5) is 0 Å². The Bertz CT molecular complexity index is 405. The zero-order chi connectivity index (χ0) is 17.6. The summed E-state index contributed by atoms with van der Waals surface area (Å²) in [5.41, 5.74) is 3.51. The van der Waals surface area contributed by atoms with E-state index in [-0.39, 0.29) is 11.1 Å². The molecule has 0 amide bonds. The highest BCUT2D eigenvalue weighted by atomic mass is 28.4. The molecule has 0 bridgehead atoms. The molecule has 1 nitrogen and oxygen atoms in total. The van der Waals surface area contributed by atoms with Gasteiger partial charge in [0, 0.05) is 0 Å². The molecule has 0 fully saturated rings. The highest BCUT2D eigenvalue weighted by molar-refractivity contribution is 6.83. The quantitative estimate of drug-likeness (QED) is 0.220. The number of rotatable bonds is 8. The van der Waals surface area contributed by atoms with Crippen molar-refractivity contribution in [3.63, 3.8) is 0 Å². The second-order valence-corrected chi connectivity index (χ2v) is 18.0. The van der Waals surface area contributed by atoms with Crippen molar-refractivity contribution in [2.45, 2.75) is 90.8 Å². The number of unbranched alkanes of at least 4 members (excludes halogenated alkanes) is 1. The van der Waals surface area contributed by atoms with Crippen molar-refractivity contribution in [2.24, 2.45) is 5.92 Å². The molecule has 0 aromatic rings. The maximum Gasteiger partial charge on any atom is 0.194 e. The van der Waals surface area contributed by atoms with E-state index < -0.39 is 16.4 Å². The molecule has 3 heteroatoms. The van der Waals surface area contributed by atoms with Gasteiger partial charge in [-0.15, -0.1) is 12.1 Å². The Morgan fingerprint density at radius 2 is 1.68 bits per heavy atom. The summed E-state index contributed by atoms with van der Waals surface area (Å²) in [5, 5.41) is 0.241. The zero-order valence-electron chi connectivity index (χ0n) is 16.5. The zero-order valence-corrected chi connectivity index (χ0v) is 18.5. The summed E-state index contributed by atoms with van der Waals surface area (Å²) in [6, 6.07) is 0. The minimum atomic E-state index is -1.83. The average Bonchev–Trinajstić information content (AvgIpc) is 2.34. The second kappa shape index (κ2) is 8.52. The minimum Gasteiger partial charge on any atom is -0.403 e. The van der Waals surface area contributed by atoms with Gasteiger partial charge in [0.1, 0.15) is 14.2 Å². The van der Waals surface area contributed by atoms with Crippen molar-refractivity contribution < 1.29 is 4.43 Å². The third kappa shape index (κ3) is 7.31. The van der Waals surface area contributed by atoms with Gasteiger partial charge in [-0.1, -0.05) is 59.3 Å². The molecule has 1 atom stereocenters. The Morgan fingerprint density at radius 3 is 2.09 bits per heavy atom. The molecule has 0 aromatic heterocycles. The largest absolute Gasteiger partial charge is 0.403 e. The summed E-state index contributed by atoms with van der Waals surface area (Å²) in [5.74, 6) is 4.09. The highest BCUT2D eigenvalue weighted by Gasteiger charge is 2.44. The predicted molar refractivity (Wildman–Crippen MR) is 106 cm³/mol. The van der Waals surface area contributed by atoms with Crippen molar-refractivity contribution in [1.82, 2.24) is 0 Å². The fourth-order valence-corrected chi connectivity index (χ4v) is 5.28. The summed E-state index contributed by atoms with van der Waals surface area (Å²) in [6.45, 7) is 24.7. The molecule has 1 unspecified atom stereocenters. The van der Waals surface area contributed by atoms with Gasteiger partial charge in [-0.3, -0.25) is 0 Å². The lowest BCUT2D eigenvalue weighted by Crippen LogP contribution is -2.47. The lowest BCUT2D eigenvalue weighted by molar-refractivity contribution is 0.209. The Hall–Kier alpha value is -0.306. The van der Waals surface area contributed by atoms with Gasteiger partial charge in [-0.25, -0.2) is 0 Å². The molecule has 0 radical (unpaired) electrons. The fourth-order valence-electron chi connectivity index (χ4n) is 2.11. The Kier molecular flexibility index (Phi) is 8.40. The van der Waals surface area contributed by atoms with Gasteiger partial charge in [0.2, 0.25) is 0 Å². The number of hydrogen-bond acceptors (Lipinski definition) is 1. The molecule has 0 aromatic carbocycles. The summed E-state index contributed by atoms with van der Waals surface area (Å²) in [6.07, 6.45) is 5.26. The van der Waals surface area contributed by atoms with Gasteiger partial charge < -0.3 is 4.43 Å². The van der Waals surface area contributed by atoms with E-state index in [0.29, 0.717) is 5.92 Å². The molecule has 128 valence electrons. The van der Waals surface area contributed by atoms with E-state index in [1.807, 2.05) is 6.08 Å². The SMILES string of the molecule is C=CCCCC(C#C[Si](C)(C)C)O[Si](C)(C)C(C)(C)C(C)C. The van der Waals surface area contributed by atoms with Crippen LogP contribution in [-0.4, -0.2) is 22.5 Å². The topological polar surface area (TPSA) is 9.23 Å². The van der Waals surface area contributed by atoms with E-state index in [9.17, 15) is 0 Å². The van der Waals surface area contributed by atoms with Gasteiger partial charge >= 0.3 is 0 Å². The molecule has 0 aliphatic carbocycles. The first kappa shape index (κ1) is 21.7. The van der Waals surface area contributed by atoms with Crippen LogP contribution in [0.25, 0.3) is 0 Å². The van der Waals surface area contributed by atoms with Crippen LogP contribution in [0.15, 0.2) is 12.7 Å². The number of allylic oxidation sites excluding steroid dienone is 1. The first-order chi connectivity index (χ1) is 9.83. The third-order valence-corrected chi connectivity index (χ3v) is 10.4. The molecule has 0 aliphatic rings. The Morgan fingerprint density at radius 1 is 1.14 bits per heavy atom. The van der Waals surface area contributed by atoms with Gasteiger partial charge in [-0.2, -0.15) is 0 Å². The molecule has 0 N–H and O–H groups in total. The van der Waals surface area contributed by atoms with Crippen molar-refractivity contribution >= 4 is 16.4 Å². The van der Waals surface area contributed by atoms with Crippen LogP contribution >= 0.6 is 0 Å². The normalized spacial score (nSPS) is 14.5. The average molecular weight is 339 g/mol. The van der Waals surface area contributed by atoms with Crippen molar-refractivity contribution in [3.8, 4) is 11.5 Å². The summed E-state index contributed by atoms with van der Waals surface area (Å²) in [4.78, 5) is 0. The number of hydrogen-bond donors (Lipinski definition) is 0. The summed E-state index contributed by atoms with van der Waals surface area (Å²) < 4.78 is 6.66. The van der Waals surface area contributed by atoms with Crippen LogP contribution in [0.5, 0.6) is 0 Å². The van der Waals surface area contributed by atoms with Crippen LogP contribution in [-0.2, 0) is 4.43 Å². The Balaban J connectivity index is 5.17. The summed E-state index contributed by atoms with van der Waals surface area (Å²) in [7, 11) is -3.18. The van der Waals surface area contributed by atoms with Crippen molar-refractivity contribution in [3.05, 3.63) is 12.7 Å². The molecule has 0 rings (SSSR count). The smallest absolute Gasteiger partial charge is 0.194 e. The van der Waals surface area contributed by atoms with Crippen molar-refractivity contribution in [2.75, 3.05) is 0 Å². The standard InChI is InChI=1S/C19H38OSi2/c1-11-12-13-14-18(15-16-21(6,7)8)20-22(9,10)19(4,5)17(2)3/h11,17-18H,1,12-14H2,2-10H3. The molecule has 0 spiro atoms. The van der Waals surface area contributed by atoms with E-state index in [1.165, 1.54) is 0 Å². The maximum absolute atomic E-state index is 6.66. The van der Waals surface area contributed by atoms with Gasteiger partial charge in [-0.05, 0) is 43.3 Å².